The molecule has 1 N–H and O–H groups in total. The second-order valence-electron chi connectivity index (χ2n) is 5.08. The Bertz CT molecular complexity index is 793. The Hall–Kier alpha value is -2.25. The number of fused-ring (bicyclic) bond motifs is 1. The standard InChI is InChI=1S/C14H14ClN7/c15-10-1-3-11(4-2-10)22-14-12(19-20-22)13(17-9-18-14)21-7-5-16-6-8-21/h1-4,9,16H,5-8H2. The highest BCUT2D eigenvalue weighted by Gasteiger charge is 2.19. The first-order chi connectivity index (χ1) is 10.8. The minimum atomic E-state index is 0.685. The number of benzene rings is 1. The third-order valence-electron chi connectivity index (χ3n) is 3.71. The van der Waals surface area contributed by atoms with Crippen LogP contribution in [-0.2, 0) is 0 Å². The molecule has 112 valence electrons. The lowest BCUT2D eigenvalue weighted by atomic mass is 10.3. The normalized spacial score (nSPS) is 15.4. The average Bonchev–Trinajstić information content (AvgIpc) is 3.00. The zero-order valence-electron chi connectivity index (χ0n) is 11.8. The van der Waals surface area contributed by atoms with Gasteiger partial charge in [0, 0.05) is 31.2 Å². The largest absolute Gasteiger partial charge is 0.352 e. The SMILES string of the molecule is Clc1ccc(-n2nnc3c(N4CCNCC4)ncnc32)cc1. The molecule has 1 aliphatic heterocycles. The van der Waals surface area contributed by atoms with Gasteiger partial charge in [0.2, 0.25) is 0 Å². The Morgan fingerprint density at radius 2 is 1.82 bits per heavy atom. The molecule has 1 aromatic carbocycles. The molecule has 0 aliphatic carbocycles. The summed E-state index contributed by atoms with van der Waals surface area (Å²) in [4.78, 5) is 11.0. The Balaban J connectivity index is 1.80. The van der Waals surface area contributed by atoms with Gasteiger partial charge in [-0.25, -0.2) is 9.97 Å². The van der Waals surface area contributed by atoms with E-state index in [2.05, 4.69) is 30.5 Å². The van der Waals surface area contributed by atoms with Gasteiger partial charge in [-0.2, -0.15) is 4.68 Å². The second kappa shape index (κ2) is 5.51. The molecule has 2 aromatic heterocycles. The predicted molar refractivity (Wildman–Crippen MR) is 84.5 cm³/mol. The van der Waals surface area contributed by atoms with E-state index in [0.717, 1.165) is 43.2 Å². The summed E-state index contributed by atoms with van der Waals surface area (Å²) in [5.74, 6) is 0.840. The first kappa shape index (κ1) is 13.4. The van der Waals surface area contributed by atoms with Crippen molar-refractivity contribution in [1.82, 2.24) is 30.3 Å². The fourth-order valence-electron chi connectivity index (χ4n) is 2.60. The van der Waals surface area contributed by atoms with Crippen molar-refractivity contribution in [2.24, 2.45) is 0 Å². The van der Waals surface area contributed by atoms with Crippen LogP contribution in [0.25, 0.3) is 16.9 Å². The molecule has 0 radical (unpaired) electrons. The number of piperazine rings is 1. The second-order valence-corrected chi connectivity index (χ2v) is 5.52. The minimum absolute atomic E-state index is 0.685. The molecule has 3 heterocycles. The van der Waals surface area contributed by atoms with Crippen molar-refractivity contribution in [3.8, 4) is 5.69 Å². The number of nitrogens with one attached hydrogen (secondary N) is 1. The molecule has 22 heavy (non-hydrogen) atoms. The summed E-state index contributed by atoms with van der Waals surface area (Å²) >= 11 is 5.93. The van der Waals surface area contributed by atoms with Crippen molar-refractivity contribution in [1.29, 1.82) is 0 Å². The van der Waals surface area contributed by atoms with E-state index < -0.39 is 0 Å². The summed E-state index contributed by atoms with van der Waals surface area (Å²) < 4.78 is 1.71. The number of aromatic nitrogens is 5. The molecule has 8 heteroatoms. The van der Waals surface area contributed by atoms with E-state index in [0.29, 0.717) is 10.7 Å². The maximum absolute atomic E-state index is 5.93. The van der Waals surface area contributed by atoms with E-state index in [-0.39, 0.29) is 0 Å². The van der Waals surface area contributed by atoms with Gasteiger partial charge < -0.3 is 10.2 Å². The third kappa shape index (κ3) is 2.28. The minimum Gasteiger partial charge on any atom is -0.352 e. The van der Waals surface area contributed by atoms with Gasteiger partial charge in [-0.3, -0.25) is 0 Å². The summed E-state index contributed by atoms with van der Waals surface area (Å²) in [6.45, 7) is 3.69. The maximum Gasteiger partial charge on any atom is 0.189 e. The predicted octanol–water partition coefficient (Wildman–Crippen LogP) is 1.27. The quantitative estimate of drug-likeness (QED) is 0.768. The smallest absolute Gasteiger partial charge is 0.189 e. The van der Waals surface area contributed by atoms with E-state index in [9.17, 15) is 0 Å². The summed E-state index contributed by atoms with van der Waals surface area (Å²) in [6.07, 6.45) is 1.56. The maximum atomic E-state index is 5.93. The summed E-state index contributed by atoms with van der Waals surface area (Å²) in [5.41, 5.74) is 2.29. The number of rotatable bonds is 2. The first-order valence-electron chi connectivity index (χ1n) is 7.11. The van der Waals surface area contributed by atoms with Crippen LogP contribution in [0, 0.1) is 0 Å². The van der Waals surface area contributed by atoms with Gasteiger partial charge in [-0.1, -0.05) is 16.8 Å². The fraction of sp³-hybridized carbons (Fsp3) is 0.286. The van der Waals surface area contributed by atoms with Gasteiger partial charge in [0.1, 0.15) is 6.33 Å². The summed E-state index contributed by atoms with van der Waals surface area (Å²) in [7, 11) is 0. The van der Waals surface area contributed by atoms with Gasteiger partial charge in [0.15, 0.2) is 17.0 Å². The van der Waals surface area contributed by atoms with Crippen molar-refractivity contribution < 1.29 is 0 Å². The molecule has 1 saturated heterocycles. The highest BCUT2D eigenvalue weighted by molar-refractivity contribution is 6.30. The zero-order chi connectivity index (χ0) is 14.9. The van der Waals surface area contributed by atoms with Crippen LogP contribution < -0.4 is 10.2 Å². The Morgan fingerprint density at radius 1 is 1.05 bits per heavy atom. The molecule has 0 unspecified atom stereocenters. The van der Waals surface area contributed by atoms with Crippen molar-refractivity contribution in [2.75, 3.05) is 31.1 Å². The van der Waals surface area contributed by atoms with Crippen LogP contribution in [-0.4, -0.2) is 51.1 Å². The van der Waals surface area contributed by atoms with Crippen LogP contribution >= 0.6 is 11.6 Å². The highest BCUT2D eigenvalue weighted by atomic mass is 35.5. The van der Waals surface area contributed by atoms with E-state index in [1.54, 1.807) is 11.0 Å². The van der Waals surface area contributed by atoms with Gasteiger partial charge in [0.25, 0.3) is 0 Å². The average molecular weight is 316 g/mol. The van der Waals surface area contributed by atoms with E-state index in [1.165, 1.54) is 0 Å². The van der Waals surface area contributed by atoms with Crippen molar-refractivity contribution in [3.05, 3.63) is 35.6 Å². The first-order valence-corrected chi connectivity index (χ1v) is 7.49. The number of anilines is 1. The Kier molecular flexibility index (Phi) is 3.36. The fourth-order valence-corrected chi connectivity index (χ4v) is 2.73. The van der Waals surface area contributed by atoms with Crippen LogP contribution in [0.5, 0.6) is 0 Å². The molecule has 0 bridgehead atoms. The number of nitrogens with zero attached hydrogens (tertiary/aromatic N) is 6. The lowest BCUT2D eigenvalue weighted by Crippen LogP contribution is -2.44. The Labute approximate surface area is 131 Å². The Morgan fingerprint density at radius 3 is 2.59 bits per heavy atom. The molecule has 1 aliphatic rings. The van der Waals surface area contributed by atoms with E-state index in [4.69, 9.17) is 11.6 Å². The van der Waals surface area contributed by atoms with Crippen LogP contribution in [0.2, 0.25) is 5.02 Å². The van der Waals surface area contributed by atoms with Crippen LogP contribution in [0.4, 0.5) is 5.82 Å². The molecule has 3 aromatic rings. The van der Waals surface area contributed by atoms with Crippen molar-refractivity contribution in [3.63, 3.8) is 0 Å². The van der Waals surface area contributed by atoms with Crippen LogP contribution in [0.1, 0.15) is 0 Å². The molecular weight excluding hydrogens is 302 g/mol. The van der Waals surface area contributed by atoms with Crippen molar-refractivity contribution >= 4 is 28.6 Å². The monoisotopic (exact) mass is 315 g/mol. The van der Waals surface area contributed by atoms with Gasteiger partial charge in [-0.15, -0.1) is 5.10 Å². The topological polar surface area (TPSA) is 71.8 Å². The van der Waals surface area contributed by atoms with Gasteiger partial charge >= 0.3 is 0 Å². The summed E-state index contributed by atoms with van der Waals surface area (Å²) in [6, 6.07) is 7.43. The highest BCUT2D eigenvalue weighted by Crippen LogP contribution is 2.23. The van der Waals surface area contributed by atoms with Crippen LogP contribution in [0.15, 0.2) is 30.6 Å². The lowest BCUT2D eigenvalue weighted by molar-refractivity contribution is 0.585. The molecule has 4 rings (SSSR count). The number of hydrogen-bond acceptors (Lipinski definition) is 6. The van der Waals surface area contributed by atoms with Gasteiger partial charge in [0.05, 0.1) is 5.69 Å². The molecule has 0 spiro atoms. The van der Waals surface area contributed by atoms with Crippen molar-refractivity contribution in [2.45, 2.75) is 0 Å². The molecule has 0 amide bonds. The lowest BCUT2D eigenvalue weighted by Gasteiger charge is -2.28. The van der Waals surface area contributed by atoms with E-state index >= 15 is 0 Å². The van der Waals surface area contributed by atoms with Gasteiger partial charge in [-0.05, 0) is 24.3 Å². The molecule has 0 atom stereocenters. The molecule has 1 fully saturated rings. The number of halogens is 1. The number of hydrogen-bond donors (Lipinski definition) is 1. The zero-order valence-corrected chi connectivity index (χ0v) is 12.5. The molecule has 0 saturated carbocycles. The summed E-state index contributed by atoms with van der Waals surface area (Å²) in [5, 5.41) is 12.5. The molecule has 7 nitrogen and oxygen atoms in total. The molecular formula is C14H14ClN7. The van der Waals surface area contributed by atoms with Crippen LogP contribution in [0.3, 0.4) is 0 Å². The third-order valence-corrected chi connectivity index (χ3v) is 3.96. The van der Waals surface area contributed by atoms with E-state index in [1.807, 2.05) is 24.3 Å².